The Bertz CT molecular complexity index is 1280. The molecule has 0 amide bonds. The molecule has 1 aliphatic rings. The SMILES string of the molecule is CCCCc1ccnc(-c2cn(-c3cc4c(s3)C(CC)C(CC)(CC)[n+]3ccccc3-4)nn2)c1. The molecule has 0 saturated carbocycles. The molecule has 4 aromatic heterocycles. The van der Waals surface area contributed by atoms with Gasteiger partial charge in [-0.2, -0.15) is 4.57 Å². The van der Waals surface area contributed by atoms with E-state index in [0.717, 1.165) is 42.1 Å². The second-order valence-corrected chi connectivity index (χ2v) is 10.4. The molecule has 0 N–H and O–H groups in total. The zero-order valence-corrected chi connectivity index (χ0v) is 21.5. The van der Waals surface area contributed by atoms with Crippen LogP contribution in [0.4, 0.5) is 0 Å². The Morgan fingerprint density at radius 1 is 1.06 bits per heavy atom. The van der Waals surface area contributed by atoms with Crippen molar-refractivity contribution in [2.45, 2.75) is 77.7 Å². The minimum absolute atomic E-state index is 0.108. The molecule has 0 radical (unpaired) electrons. The zero-order chi connectivity index (χ0) is 23.7. The molecule has 6 heteroatoms. The number of thiophene rings is 1. The molecule has 4 aromatic rings. The maximum atomic E-state index is 4.57. The second kappa shape index (κ2) is 9.41. The predicted molar refractivity (Wildman–Crippen MR) is 138 cm³/mol. The van der Waals surface area contributed by atoms with Crippen molar-refractivity contribution in [3.05, 3.63) is 65.4 Å². The molecule has 0 spiro atoms. The van der Waals surface area contributed by atoms with Gasteiger partial charge in [-0.25, -0.2) is 4.68 Å². The number of aryl methyl sites for hydroxylation is 1. The summed E-state index contributed by atoms with van der Waals surface area (Å²) in [5.41, 5.74) is 5.77. The van der Waals surface area contributed by atoms with E-state index in [0.29, 0.717) is 5.92 Å². The second-order valence-electron chi connectivity index (χ2n) is 9.29. The van der Waals surface area contributed by atoms with Crippen molar-refractivity contribution in [3.8, 4) is 27.6 Å². The van der Waals surface area contributed by atoms with E-state index in [2.05, 4.69) is 90.2 Å². The van der Waals surface area contributed by atoms with Crippen LogP contribution in [0, 0.1) is 0 Å². The molecule has 34 heavy (non-hydrogen) atoms. The lowest BCUT2D eigenvalue weighted by Crippen LogP contribution is -2.61. The summed E-state index contributed by atoms with van der Waals surface area (Å²) in [5, 5.41) is 10.1. The van der Waals surface area contributed by atoms with Crippen LogP contribution < -0.4 is 4.57 Å². The lowest BCUT2D eigenvalue weighted by molar-refractivity contribution is -0.762. The van der Waals surface area contributed by atoms with Crippen LogP contribution in [-0.2, 0) is 12.0 Å². The lowest BCUT2D eigenvalue weighted by atomic mass is 9.73. The van der Waals surface area contributed by atoms with Crippen molar-refractivity contribution >= 4 is 11.3 Å². The quantitative estimate of drug-likeness (QED) is 0.268. The molecule has 0 aromatic carbocycles. The van der Waals surface area contributed by atoms with Crippen LogP contribution >= 0.6 is 11.3 Å². The third-order valence-corrected chi connectivity index (χ3v) is 8.82. The molecule has 176 valence electrons. The summed E-state index contributed by atoms with van der Waals surface area (Å²) in [5.74, 6) is 0.482. The number of unbranched alkanes of at least 4 members (excludes halogenated alkanes) is 1. The molecule has 5 rings (SSSR count). The van der Waals surface area contributed by atoms with Gasteiger partial charge in [-0.3, -0.25) is 4.98 Å². The average molecular weight is 473 g/mol. The maximum absolute atomic E-state index is 4.57. The standard InChI is InChI=1S/C28H34N5S/c1-5-9-12-20-14-15-29-23(17-20)24-19-33(31-30-24)26-18-21-25-13-10-11-16-32(25)28(7-3,8-4)22(6-2)27(21)34-26/h10-11,13-19,22H,5-9,12H2,1-4H3/q+1. The molecule has 0 bridgehead atoms. The number of pyridine rings is 2. The third-order valence-electron chi connectivity index (χ3n) is 7.59. The van der Waals surface area contributed by atoms with Gasteiger partial charge in [0, 0.05) is 36.0 Å². The van der Waals surface area contributed by atoms with Gasteiger partial charge in [0.15, 0.2) is 11.7 Å². The highest BCUT2D eigenvalue weighted by atomic mass is 32.1. The van der Waals surface area contributed by atoms with Crippen molar-refractivity contribution in [1.29, 1.82) is 0 Å². The fourth-order valence-corrected chi connectivity index (χ4v) is 7.10. The van der Waals surface area contributed by atoms with Crippen molar-refractivity contribution in [3.63, 3.8) is 0 Å². The Labute approximate surface area is 206 Å². The highest BCUT2D eigenvalue weighted by molar-refractivity contribution is 7.15. The van der Waals surface area contributed by atoms with Gasteiger partial charge in [-0.1, -0.05) is 39.3 Å². The first kappa shape index (κ1) is 22.9. The molecule has 1 atom stereocenters. The van der Waals surface area contributed by atoms with Gasteiger partial charge in [0.25, 0.3) is 0 Å². The van der Waals surface area contributed by atoms with Crippen LogP contribution in [0.2, 0.25) is 0 Å². The fraction of sp³-hybridized carbons (Fsp3) is 0.429. The molecule has 0 saturated heterocycles. The average Bonchev–Trinajstić information content (AvgIpc) is 3.55. The predicted octanol–water partition coefficient (Wildman–Crippen LogP) is 6.71. The largest absolute Gasteiger partial charge is 0.254 e. The summed E-state index contributed by atoms with van der Waals surface area (Å²) in [7, 11) is 0. The summed E-state index contributed by atoms with van der Waals surface area (Å²) < 4.78 is 4.47. The first-order valence-corrected chi connectivity index (χ1v) is 13.5. The number of hydrogen-bond donors (Lipinski definition) is 0. The summed E-state index contributed by atoms with van der Waals surface area (Å²) in [6.07, 6.45) is 13.0. The molecule has 5 nitrogen and oxygen atoms in total. The highest BCUT2D eigenvalue weighted by Gasteiger charge is 2.51. The molecule has 0 aliphatic carbocycles. The van der Waals surface area contributed by atoms with E-state index < -0.39 is 0 Å². The Hall–Kier alpha value is -2.86. The van der Waals surface area contributed by atoms with Crippen molar-refractivity contribution in [2.75, 3.05) is 0 Å². The normalized spacial score (nSPS) is 16.3. The first-order valence-electron chi connectivity index (χ1n) is 12.7. The van der Waals surface area contributed by atoms with Gasteiger partial charge >= 0.3 is 0 Å². The molecule has 1 aliphatic heterocycles. The van der Waals surface area contributed by atoms with E-state index in [1.807, 2.05) is 28.4 Å². The van der Waals surface area contributed by atoms with E-state index in [9.17, 15) is 0 Å². The summed E-state index contributed by atoms with van der Waals surface area (Å²) in [6, 6.07) is 13.1. The topological polar surface area (TPSA) is 47.5 Å². The van der Waals surface area contributed by atoms with Gasteiger partial charge in [-0.15, -0.1) is 16.4 Å². The van der Waals surface area contributed by atoms with Crippen molar-refractivity contribution in [1.82, 2.24) is 20.0 Å². The van der Waals surface area contributed by atoms with Gasteiger partial charge in [0.05, 0.1) is 23.4 Å². The minimum atomic E-state index is 0.108. The van der Waals surface area contributed by atoms with Crippen LogP contribution in [0.3, 0.4) is 0 Å². The van der Waals surface area contributed by atoms with Crippen LogP contribution in [0.1, 0.15) is 76.2 Å². The summed E-state index contributed by atoms with van der Waals surface area (Å²) in [6.45, 7) is 9.22. The van der Waals surface area contributed by atoms with Crippen LogP contribution in [0.25, 0.3) is 27.6 Å². The Balaban J connectivity index is 1.55. The number of rotatable bonds is 8. The van der Waals surface area contributed by atoms with Crippen LogP contribution in [-0.4, -0.2) is 20.0 Å². The van der Waals surface area contributed by atoms with E-state index in [1.165, 1.54) is 34.5 Å². The Kier molecular flexibility index (Phi) is 6.34. The van der Waals surface area contributed by atoms with E-state index >= 15 is 0 Å². The Morgan fingerprint density at radius 2 is 1.91 bits per heavy atom. The number of aromatic nitrogens is 5. The molecule has 1 unspecified atom stereocenters. The number of nitrogens with zero attached hydrogens (tertiary/aromatic N) is 5. The molecular formula is C28H34N5S+. The fourth-order valence-electron chi connectivity index (χ4n) is 5.71. The first-order chi connectivity index (χ1) is 16.6. The Morgan fingerprint density at radius 3 is 2.68 bits per heavy atom. The van der Waals surface area contributed by atoms with Gasteiger partial charge in [0.2, 0.25) is 5.69 Å². The van der Waals surface area contributed by atoms with E-state index in [4.69, 9.17) is 0 Å². The van der Waals surface area contributed by atoms with E-state index in [-0.39, 0.29) is 5.54 Å². The highest BCUT2D eigenvalue weighted by Crippen LogP contribution is 2.50. The molecular weight excluding hydrogens is 438 g/mol. The maximum Gasteiger partial charge on any atom is 0.214 e. The van der Waals surface area contributed by atoms with Gasteiger partial charge in [0.1, 0.15) is 10.7 Å². The van der Waals surface area contributed by atoms with Crippen molar-refractivity contribution < 1.29 is 4.57 Å². The minimum Gasteiger partial charge on any atom is -0.254 e. The monoisotopic (exact) mass is 472 g/mol. The molecule has 5 heterocycles. The smallest absolute Gasteiger partial charge is 0.214 e. The lowest BCUT2D eigenvalue weighted by Gasteiger charge is -2.38. The van der Waals surface area contributed by atoms with Gasteiger partial charge < -0.3 is 0 Å². The van der Waals surface area contributed by atoms with Crippen LogP contribution in [0.15, 0.2) is 55.0 Å². The summed E-state index contributed by atoms with van der Waals surface area (Å²) >= 11 is 1.87. The number of fused-ring (bicyclic) bond motifs is 3. The zero-order valence-electron chi connectivity index (χ0n) is 20.7. The van der Waals surface area contributed by atoms with Gasteiger partial charge in [-0.05, 0) is 49.1 Å². The van der Waals surface area contributed by atoms with Crippen LogP contribution in [0.5, 0.6) is 0 Å². The van der Waals surface area contributed by atoms with Crippen molar-refractivity contribution in [2.24, 2.45) is 0 Å². The van der Waals surface area contributed by atoms with E-state index in [1.54, 1.807) is 0 Å². The molecule has 0 fully saturated rings. The number of hydrogen-bond acceptors (Lipinski definition) is 4. The third kappa shape index (κ3) is 3.68. The summed E-state index contributed by atoms with van der Waals surface area (Å²) in [4.78, 5) is 6.05.